The van der Waals surface area contributed by atoms with Crippen molar-refractivity contribution >= 4 is 26.0 Å². The van der Waals surface area contributed by atoms with Crippen LogP contribution in [0.4, 0.5) is 4.39 Å². The highest BCUT2D eigenvalue weighted by atomic mass is 79.9. The SMILES string of the molecule is CC(NCCNS(C)(=O)=O)c1ccc(F)cc1Br. The molecule has 0 fully saturated rings. The highest BCUT2D eigenvalue weighted by Gasteiger charge is 2.09. The zero-order chi connectivity index (χ0) is 13.8. The molecule has 1 rings (SSSR count). The van der Waals surface area contributed by atoms with Crippen LogP contribution in [0.1, 0.15) is 18.5 Å². The molecule has 0 radical (unpaired) electrons. The molecular formula is C11H16BrFN2O2S. The number of rotatable bonds is 6. The summed E-state index contributed by atoms with van der Waals surface area (Å²) in [5, 5.41) is 3.15. The first-order chi connectivity index (χ1) is 8.29. The monoisotopic (exact) mass is 338 g/mol. The molecule has 7 heteroatoms. The normalized spacial score (nSPS) is 13.6. The number of hydrogen-bond acceptors (Lipinski definition) is 3. The Morgan fingerprint density at radius 2 is 2.06 bits per heavy atom. The van der Waals surface area contributed by atoms with Crippen molar-refractivity contribution in [1.82, 2.24) is 10.0 Å². The molecule has 0 aliphatic rings. The Kier molecular flexibility index (Phi) is 5.71. The summed E-state index contributed by atoms with van der Waals surface area (Å²) >= 11 is 3.30. The first-order valence-corrected chi connectivity index (χ1v) is 8.11. The molecule has 1 aromatic rings. The van der Waals surface area contributed by atoms with Crippen LogP contribution in [0.5, 0.6) is 0 Å². The molecule has 0 amide bonds. The first kappa shape index (κ1) is 15.6. The molecule has 2 N–H and O–H groups in total. The summed E-state index contributed by atoms with van der Waals surface area (Å²) in [5.74, 6) is -0.295. The van der Waals surface area contributed by atoms with Crippen LogP contribution in [0.3, 0.4) is 0 Å². The second kappa shape index (κ2) is 6.60. The van der Waals surface area contributed by atoms with Crippen LogP contribution in [0.15, 0.2) is 22.7 Å². The van der Waals surface area contributed by atoms with Crippen LogP contribution in [-0.4, -0.2) is 27.8 Å². The van der Waals surface area contributed by atoms with Crippen molar-refractivity contribution in [1.29, 1.82) is 0 Å². The largest absolute Gasteiger partial charge is 0.309 e. The minimum absolute atomic E-state index is 0.00124. The fourth-order valence-corrected chi connectivity index (χ4v) is 2.65. The Balaban J connectivity index is 2.48. The predicted octanol–water partition coefficient (Wildman–Crippen LogP) is 1.79. The lowest BCUT2D eigenvalue weighted by Crippen LogP contribution is -2.32. The molecule has 0 saturated carbocycles. The lowest BCUT2D eigenvalue weighted by atomic mass is 10.1. The number of halogens is 2. The van der Waals surface area contributed by atoms with Crippen molar-refractivity contribution in [3.05, 3.63) is 34.1 Å². The molecule has 4 nitrogen and oxygen atoms in total. The average molecular weight is 339 g/mol. The molecule has 0 aromatic heterocycles. The standard InChI is InChI=1S/C11H16BrFN2O2S/c1-8(14-5-6-15-18(2,16)17)10-4-3-9(13)7-11(10)12/h3-4,7-8,14-15H,5-6H2,1-2H3. The van der Waals surface area contributed by atoms with Crippen LogP contribution in [0, 0.1) is 5.82 Å². The van der Waals surface area contributed by atoms with Gasteiger partial charge in [0.15, 0.2) is 0 Å². The number of benzene rings is 1. The molecule has 0 spiro atoms. The smallest absolute Gasteiger partial charge is 0.208 e. The molecular weight excluding hydrogens is 323 g/mol. The molecule has 1 unspecified atom stereocenters. The van der Waals surface area contributed by atoms with Crippen molar-refractivity contribution in [3.63, 3.8) is 0 Å². The van der Waals surface area contributed by atoms with E-state index in [1.165, 1.54) is 12.1 Å². The summed E-state index contributed by atoms with van der Waals surface area (Å²) in [4.78, 5) is 0. The molecule has 102 valence electrons. The Hall–Kier alpha value is -0.500. The van der Waals surface area contributed by atoms with Crippen molar-refractivity contribution in [3.8, 4) is 0 Å². The van der Waals surface area contributed by atoms with E-state index in [4.69, 9.17) is 0 Å². The van der Waals surface area contributed by atoms with E-state index in [-0.39, 0.29) is 11.9 Å². The van der Waals surface area contributed by atoms with E-state index >= 15 is 0 Å². The predicted molar refractivity (Wildman–Crippen MR) is 73.4 cm³/mol. The van der Waals surface area contributed by atoms with Gasteiger partial charge >= 0.3 is 0 Å². The second-order valence-electron chi connectivity index (χ2n) is 4.01. The molecule has 0 aliphatic heterocycles. The summed E-state index contributed by atoms with van der Waals surface area (Å²) in [6.07, 6.45) is 1.12. The third kappa shape index (κ3) is 5.43. The van der Waals surface area contributed by atoms with Gasteiger partial charge in [-0.25, -0.2) is 17.5 Å². The topological polar surface area (TPSA) is 58.2 Å². The van der Waals surface area contributed by atoms with Crippen LogP contribution in [-0.2, 0) is 10.0 Å². The lowest BCUT2D eigenvalue weighted by Gasteiger charge is -2.16. The van der Waals surface area contributed by atoms with Crippen LogP contribution in [0.2, 0.25) is 0 Å². The summed E-state index contributed by atoms with van der Waals surface area (Å²) in [6.45, 7) is 2.75. The van der Waals surface area contributed by atoms with Crippen LogP contribution >= 0.6 is 15.9 Å². The van der Waals surface area contributed by atoms with Gasteiger partial charge in [0.1, 0.15) is 5.82 Å². The van der Waals surface area contributed by atoms with Gasteiger partial charge in [0, 0.05) is 23.6 Å². The van der Waals surface area contributed by atoms with Gasteiger partial charge in [-0.05, 0) is 24.6 Å². The van der Waals surface area contributed by atoms with E-state index in [9.17, 15) is 12.8 Å². The van der Waals surface area contributed by atoms with Gasteiger partial charge < -0.3 is 5.32 Å². The maximum absolute atomic E-state index is 12.9. The number of nitrogens with one attached hydrogen (secondary N) is 2. The van der Waals surface area contributed by atoms with E-state index in [1.54, 1.807) is 6.07 Å². The summed E-state index contributed by atoms with van der Waals surface area (Å²) in [7, 11) is -3.15. The molecule has 0 saturated heterocycles. The Labute approximate surface area is 115 Å². The van der Waals surface area contributed by atoms with Gasteiger partial charge in [-0.3, -0.25) is 0 Å². The summed E-state index contributed by atoms with van der Waals surface area (Å²) in [6, 6.07) is 4.50. The number of sulfonamides is 1. The molecule has 0 aliphatic carbocycles. The second-order valence-corrected chi connectivity index (χ2v) is 6.70. The zero-order valence-electron chi connectivity index (χ0n) is 10.2. The average Bonchev–Trinajstić information content (AvgIpc) is 2.22. The molecule has 1 atom stereocenters. The van der Waals surface area contributed by atoms with E-state index in [0.29, 0.717) is 17.6 Å². The van der Waals surface area contributed by atoms with Gasteiger partial charge in [-0.1, -0.05) is 22.0 Å². The van der Waals surface area contributed by atoms with E-state index in [1.807, 2.05) is 6.92 Å². The zero-order valence-corrected chi connectivity index (χ0v) is 12.6. The van der Waals surface area contributed by atoms with E-state index in [0.717, 1.165) is 11.8 Å². The number of hydrogen-bond donors (Lipinski definition) is 2. The molecule has 0 heterocycles. The van der Waals surface area contributed by atoms with Crippen LogP contribution in [0.25, 0.3) is 0 Å². The fourth-order valence-electron chi connectivity index (χ4n) is 1.49. The van der Waals surface area contributed by atoms with Gasteiger partial charge in [0.05, 0.1) is 6.26 Å². The molecule has 18 heavy (non-hydrogen) atoms. The molecule has 0 bridgehead atoms. The Bertz CT molecular complexity index is 508. The van der Waals surface area contributed by atoms with Crippen LogP contribution < -0.4 is 10.0 Å². The summed E-state index contributed by atoms with van der Waals surface area (Å²) < 4.78 is 37.7. The van der Waals surface area contributed by atoms with E-state index in [2.05, 4.69) is 26.0 Å². The maximum atomic E-state index is 12.9. The van der Waals surface area contributed by atoms with Crippen molar-refractivity contribution < 1.29 is 12.8 Å². The molecule has 1 aromatic carbocycles. The minimum Gasteiger partial charge on any atom is -0.309 e. The first-order valence-electron chi connectivity index (χ1n) is 5.42. The van der Waals surface area contributed by atoms with Crippen molar-refractivity contribution in [2.45, 2.75) is 13.0 Å². The Morgan fingerprint density at radius 1 is 1.39 bits per heavy atom. The third-order valence-corrected chi connectivity index (χ3v) is 3.78. The maximum Gasteiger partial charge on any atom is 0.208 e. The third-order valence-electron chi connectivity index (χ3n) is 2.37. The van der Waals surface area contributed by atoms with Gasteiger partial charge in [0.2, 0.25) is 10.0 Å². The quantitative estimate of drug-likeness (QED) is 0.777. The highest BCUT2D eigenvalue weighted by Crippen LogP contribution is 2.23. The van der Waals surface area contributed by atoms with Gasteiger partial charge in [-0.15, -0.1) is 0 Å². The minimum atomic E-state index is -3.15. The Morgan fingerprint density at radius 3 is 2.61 bits per heavy atom. The van der Waals surface area contributed by atoms with Gasteiger partial charge in [0.25, 0.3) is 0 Å². The van der Waals surface area contributed by atoms with Gasteiger partial charge in [-0.2, -0.15) is 0 Å². The van der Waals surface area contributed by atoms with Crippen molar-refractivity contribution in [2.24, 2.45) is 0 Å². The lowest BCUT2D eigenvalue weighted by molar-refractivity contribution is 0.553. The summed E-state index contributed by atoms with van der Waals surface area (Å²) in [5.41, 5.74) is 0.927. The van der Waals surface area contributed by atoms with E-state index < -0.39 is 10.0 Å². The highest BCUT2D eigenvalue weighted by molar-refractivity contribution is 9.10. The fraction of sp³-hybridized carbons (Fsp3) is 0.455. The van der Waals surface area contributed by atoms with Crippen molar-refractivity contribution in [2.75, 3.05) is 19.3 Å².